The van der Waals surface area contributed by atoms with Crippen LogP contribution in [0.4, 0.5) is 0 Å². The van der Waals surface area contributed by atoms with Crippen molar-refractivity contribution in [1.82, 2.24) is 0 Å². The molecule has 0 heterocycles. The second-order valence-corrected chi connectivity index (χ2v) is 2.25. The molecule has 0 unspecified atom stereocenters. The molecule has 2 atom stereocenters. The normalized spacial score (nSPS) is 15.3. The molecule has 0 saturated heterocycles. The Balaban J connectivity index is 3.75. The van der Waals surface area contributed by atoms with Crippen LogP contribution in [0.2, 0.25) is 0 Å². The van der Waals surface area contributed by atoms with Crippen molar-refractivity contribution in [2.75, 3.05) is 21.0 Å². The van der Waals surface area contributed by atoms with E-state index in [2.05, 4.69) is 9.47 Å². The zero-order valence-corrected chi connectivity index (χ0v) is 7.44. The van der Waals surface area contributed by atoms with Gasteiger partial charge in [0.25, 0.3) is 0 Å². The van der Waals surface area contributed by atoms with Crippen molar-refractivity contribution in [2.24, 2.45) is 0 Å². The molecule has 0 aromatic carbocycles. The van der Waals surface area contributed by atoms with Gasteiger partial charge in [-0.2, -0.15) is 0 Å². The van der Waals surface area contributed by atoms with E-state index in [4.69, 9.17) is 9.84 Å². The summed E-state index contributed by atoms with van der Waals surface area (Å²) in [6.07, 6.45) is -1.89. The predicted molar refractivity (Wildman–Crippen MR) is 40.4 cm³/mol. The first-order valence-electron chi connectivity index (χ1n) is 3.50. The van der Waals surface area contributed by atoms with E-state index in [0.717, 1.165) is 0 Å². The Morgan fingerprint density at radius 3 is 2.50 bits per heavy atom. The van der Waals surface area contributed by atoms with E-state index in [0.29, 0.717) is 0 Å². The average Bonchev–Trinajstić information content (AvgIpc) is 2.11. The van der Waals surface area contributed by atoms with Crippen molar-refractivity contribution in [3.63, 3.8) is 0 Å². The lowest BCUT2D eigenvalue weighted by molar-refractivity contribution is -0.164. The molecule has 12 heavy (non-hydrogen) atoms. The highest BCUT2D eigenvalue weighted by Gasteiger charge is 2.23. The third-order valence-electron chi connectivity index (χ3n) is 1.34. The van der Waals surface area contributed by atoms with Crippen LogP contribution < -0.4 is 0 Å². The quantitative estimate of drug-likeness (QED) is 0.455. The molecule has 1 N–H and O–H groups in total. The van der Waals surface area contributed by atoms with Crippen molar-refractivity contribution in [3.8, 4) is 0 Å². The van der Waals surface area contributed by atoms with Gasteiger partial charge in [0.2, 0.25) is 0 Å². The zero-order chi connectivity index (χ0) is 9.56. The summed E-state index contributed by atoms with van der Waals surface area (Å²) in [6.45, 7) is 1.59. The van der Waals surface area contributed by atoms with Gasteiger partial charge in [0.05, 0.1) is 13.2 Å². The molecule has 0 aromatic heterocycles. The Morgan fingerprint density at radius 1 is 1.50 bits per heavy atom. The van der Waals surface area contributed by atoms with Crippen molar-refractivity contribution in [1.29, 1.82) is 0 Å². The average molecular weight is 178 g/mol. The van der Waals surface area contributed by atoms with Gasteiger partial charge >= 0.3 is 5.97 Å². The summed E-state index contributed by atoms with van der Waals surface area (Å²) < 4.78 is 13.8. The fraction of sp³-hybridized carbons (Fsp3) is 0.857. The number of rotatable bonds is 5. The number of aliphatic hydroxyl groups is 1. The topological polar surface area (TPSA) is 65.0 Å². The second-order valence-electron chi connectivity index (χ2n) is 2.25. The van der Waals surface area contributed by atoms with Gasteiger partial charge < -0.3 is 19.3 Å². The molecule has 0 aliphatic carbocycles. The van der Waals surface area contributed by atoms with Crippen LogP contribution in [-0.2, 0) is 19.0 Å². The van der Waals surface area contributed by atoms with Gasteiger partial charge in [0.15, 0.2) is 6.10 Å². The summed E-state index contributed by atoms with van der Waals surface area (Å²) in [5.74, 6) is -0.710. The molecule has 0 spiro atoms. The van der Waals surface area contributed by atoms with Crippen LogP contribution >= 0.6 is 0 Å². The van der Waals surface area contributed by atoms with E-state index in [1.165, 1.54) is 14.2 Å². The fourth-order valence-corrected chi connectivity index (χ4v) is 0.579. The molecule has 0 rings (SSSR count). The van der Waals surface area contributed by atoms with Crippen LogP contribution in [0.15, 0.2) is 0 Å². The van der Waals surface area contributed by atoms with Crippen molar-refractivity contribution >= 4 is 5.97 Å². The summed E-state index contributed by atoms with van der Waals surface area (Å²) in [4.78, 5) is 10.7. The maximum absolute atomic E-state index is 10.7. The van der Waals surface area contributed by atoms with Crippen LogP contribution in [0.3, 0.4) is 0 Å². The SMILES string of the molecule is COCO[C@H](C)[C@@H](O)C(=O)OC. The summed E-state index contributed by atoms with van der Waals surface area (Å²) >= 11 is 0. The highest BCUT2D eigenvalue weighted by Crippen LogP contribution is 2.00. The summed E-state index contributed by atoms with van der Waals surface area (Å²) in [6, 6.07) is 0. The van der Waals surface area contributed by atoms with Crippen LogP contribution in [-0.4, -0.2) is 44.3 Å². The van der Waals surface area contributed by atoms with Gasteiger partial charge in [-0.1, -0.05) is 0 Å². The Morgan fingerprint density at radius 2 is 2.08 bits per heavy atom. The van der Waals surface area contributed by atoms with E-state index < -0.39 is 18.2 Å². The predicted octanol–water partition coefficient (Wildman–Crippen LogP) is -0.471. The molecule has 0 amide bonds. The maximum Gasteiger partial charge on any atom is 0.337 e. The number of carbonyl (C=O) groups excluding carboxylic acids is 1. The van der Waals surface area contributed by atoms with Crippen molar-refractivity contribution < 1.29 is 24.1 Å². The maximum atomic E-state index is 10.7. The first-order valence-corrected chi connectivity index (χ1v) is 3.50. The van der Waals surface area contributed by atoms with Crippen LogP contribution in [0, 0.1) is 0 Å². The first-order chi connectivity index (χ1) is 5.63. The minimum absolute atomic E-state index is 0.0369. The third kappa shape index (κ3) is 3.66. The van der Waals surface area contributed by atoms with Crippen molar-refractivity contribution in [3.05, 3.63) is 0 Å². The minimum atomic E-state index is -1.26. The number of esters is 1. The molecule has 0 fully saturated rings. The molecule has 0 saturated carbocycles. The number of hydrogen-bond donors (Lipinski definition) is 1. The molecule has 5 heteroatoms. The summed E-state index contributed by atoms with van der Waals surface area (Å²) in [5, 5.41) is 9.16. The highest BCUT2D eigenvalue weighted by molar-refractivity contribution is 5.74. The van der Waals surface area contributed by atoms with Gasteiger partial charge in [0.1, 0.15) is 6.79 Å². The van der Waals surface area contributed by atoms with Crippen LogP contribution in [0.1, 0.15) is 6.92 Å². The van der Waals surface area contributed by atoms with E-state index in [9.17, 15) is 4.79 Å². The number of methoxy groups -OCH3 is 2. The molecule has 0 radical (unpaired) electrons. The minimum Gasteiger partial charge on any atom is -0.467 e. The van der Waals surface area contributed by atoms with Gasteiger partial charge in [-0.3, -0.25) is 0 Å². The van der Waals surface area contributed by atoms with Gasteiger partial charge in [-0.05, 0) is 6.92 Å². The van der Waals surface area contributed by atoms with Crippen LogP contribution in [0.5, 0.6) is 0 Å². The first kappa shape index (κ1) is 11.4. The molecular weight excluding hydrogens is 164 g/mol. The van der Waals surface area contributed by atoms with E-state index in [1.54, 1.807) is 6.92 Å². The number of ether oxygens (including phenoxy) is 3. The standard InChI is InChI=1S/C7H14O5/c1-5(12-4-10-2)6(8)7(9)11-3/h5-6,8H,4H2,1-3H3/t5-,6-/m1/s1. The van der Waals surface area contributed by atoms with E-state index >= 15 is 0 Å². The molecular formula is C7H14O5. The smallest absolute Gasteiger partial charge is 0.337 e. The third-order valence-corrected chi connectivity index (χ3v) is 1.34. The number of aliphatic hydroxyl groups excluding tert-OH is 1. The van der Waals surface area contributed by atoms with E-state index in [1.807, 2.05) is 0 Å². The largest absolute Gasteiger partial charge is 0.467 e. The fourth-order valence-electron chi connectivity index (χ4n) is 0.579. The molecule has 0 aliphatic heterocycles. The molecule has 5 nitrogen and oxygen atoms in total. The van der Waals surface area contributed by atoms with Gasteiger partial charge in [0, 0.05) is 7.11 Å². The van der Waals surface area contributed by atoms with Gasteiger partial charge in [-0.15, -0.1) is 0 Å². The Bertz CT molecular complexity index is 136. The highest BCUT2D eigenvalue weighted by atomic mass is 16.7. The Kier molecular flexibility index (Phi) is 5.61. The Hall–Kier alpha value is -0.650. The van der Waals surface area contributed by atoms with Gasteiger partial charge in [-0.25, -0.2) is 4.79 Å². The number of carbonyl (C=O) groups is 1. The molecule has 0 aliphatic rings. The zero-order valence-electron chi connectivity index (χ0n) is 7.44. The lowest BCUT2D eigenvalue weighted by Gasteiger charge is -2.16. The summed E-state index contributed by atoms with van der Waals surface area (Å²) in [7, 11) is 2.66. The molecule has 0 aromatic rings. The van der Waals surface area contributed by atoms with Crippen molar-refractivity contribution in [2.45, 2.75) is 19.1 Å². The lowest BCUT2D eigenvalue weighted by Crippen LogP contribution is -2.35. The molecule has 0 bridgehead atoms. The monoisotopic (exact) mass is 178 g/mol. The molecule has 72 valence electrons. The number of hydrogen-bond acceptors (Lipinski definition) is 5. The summed E-state index contributed by atoms with van der Waals surface area (Å²) in [5.41, 5.74) is 0. The van der Waals surface area contributed by atoms with E-state index in [-0.39, 0.29) is 6.79 Å². The lowest BCUT2D eigenvalue weighted by atomic mass is 10.2. The second kappa shape index (κ2) is 5.93. The Labute approximate surface area is 71.2 Å². The van der Waals surface area contributed by atoms with Crippen LogP contribution in [0.25, 0.3) is 0 Å².